The standard InChI is InChI=1S/C13H19ClN4/c1-18-10-2-3-11(18)5-9(4-10)6-16-13-12(14)7-15-8-17-13/h7-11H,2-6H2,1H3,(H,15,16,17). The number of fused-ring (bicyclic) bond motifs is 2. The third-order valence-electron chi connectivity index (χ3n) is 4.42. The van der Waals surface area contributed by atoms with Crippen LogP contribution in [0.15, 0.2) is 12.5 Å². The van der Waals surface area contributed by atoms with Gasteiger partial charge in [0.2, 0.25) is 0 Å². The second-order valence-electron chi connectivity index (χ2n) is 5.49. The van der Waals surface area contributed by atoms with Crippen LogP contribution in [0.2, 0.25) is 5.02 Å². The molecule has 98 valence electrons. The van der Waals surface area contributed by atoms with Crippen molar-refractivity contribution in [3.8, 4) is 0 Å². The van der Waals surface area contributed by atoms with Gasteiger partial charge in [-0.3, -0.25) is 0 Å². The Bertz CT molecular complexity index is 411. The van der Waals surface area contributed by atoms with E-state index in [1.807, 2.05) is 0 Å². The second kappa shape index (κ2) is 5.02. The van der Waals surface area contributed by atoms with Gasteiger partial charge in [-0.2, -0.15) is 0 Å². The summed E-state index contributed by atoms with van der Waals surface area (Å²) >= 11 is 6.04. The number of nitrogens with one attached hydrogen (secondary N) is 1. The molecule has 2 aliphatic rings. The van der Waals surface area contributed by atoms with Crippen LogP contribution in [0.4, 0.5) is 5.82 Å². The van der Waals surface area contributed by atoms with Gasteiger partial charge in [0.05, 0.1) is 6.20 Å². The van der Waals surface area contributed by atoms with Gasteiger partial charge < -0.3 is 10.2 Å². The molecule has 0 amide bonds. The van der Waals surface area contributed by atoms with Crippen molar-refractivity contribution < 1.29 is 0 Å². The summed E-state index contributed by atoms with van der Waals surface area (Å²) in [7, 11) is 2.27. The van der Waals surface area contributed by atoms with E-state index in [2.05, 4.69) is 27.2 Å². The van der Waals surface area contributed by atoms with E-state index in [0.29, 0.717) is 5.02 Å². The summed E-state index contributed by atoms with van der Waals surface area (Å²) in [5.74, 6) is 1.50. The van der Waals surface area contributed by atoms with E-state index < -0.39 is 0 Å². The van der Waals surface area contributed by atoms with Crippen molar-refractivity contribution in [2.45, 2.75) is 37.8 Å². The van der Waals surface area contributed by atoms with E-state index in [4.69, 9.17) is 11.6 Å². The van der Waals surface area contributed by atoms with E-state index in [-0.39, 0.29) is 0 Å². The van der Waals surface area contributed by atoms with Crippen molar-refractivity contribution in [1.82, 2.24) is 14.9 Å². The molecule has 2 atom stereocenters. The first-order valence-electron chi connectivity index (χ1n) is 6.65. The van der Waals surface area contributed by atoms with Crippen LogP contribution in [0.25, 0.3) is 0 Å². The van der Waals surface area contributed by atoms with Gasteiger partial charge in [0.25, 0.3) is 0 Å². The maximum atomic E-state index is 6.04. The Hall–Kier alpha value is -0.870. The van der Waals surface area contributed by atoms with Crippen molar-refractivity contribution in [1.29, 1.82) is 0 Å². The number of nitrogens with zero attached hydrogens (tertiary/aromatic N) is 3. The molecule has 2 fully saturated rings. The van der Waals surface area contributed by atoms with Crippen molar-refractivity contribution in [2.75, 3.05) is 18.9 Å². The Morgan fingerprint density at radius 2 is 2.11 bits per heavy atom. The van der Waals surface area contributed by atoms with E-state index >= 15 is 0 Å². The van der Waals surface area contributed by atoms with Gasteiger partial charge in [0.15, 0.2) is 0 Å². The van der Waals surface area contributed by atoms with Crippen LogP contribution >= 0.6 is 11.6 Å². The Morgan fingerprint density at radius 1 is 1.39 bits per heavy atom. The number of aromatic nitrogens is 2. The first-order valence-corrected chi connectivity index (χ1v) is 7.03. The van der Waals surface area contributed by atoms with Gasteiger partial charge in [0.1, 0.15) is 17.2 Å². The Kier molecular flexibility index (Phi) is 3.39. The molecule has 0 aliphatic carbocycles. The zero-order chi connectivity index (χ0) is 12.5. The quantitative estimate of drug-likeness (QED) is 0.912. The van der Waals surface area contributed by atoms with Crippen LogP contribution in [0.3, 0.4) is 0 Å². The summed E-state index contributed by atoms with van der Waals surface area (Å²) in [6, 6.07) is 1.58. The second-order valence-corrected chi connectivity index (χ2v) is 5.90. The molecule has 0 radical (unpaired) electrons. The average molecular weight is 267 g/mol. The molecule has 1 aromatic rings. The number of anilines is 1. The lowest BCUT2D eigenvalue weighted by atomic mass is 9.91. The molecule has 2 aliphatic heterocycles. The molecule has 1 aromatic heterocycles. The monoisotopic (exact) mass is 266 g/mol. The fraction of sp³-hybridized carbons (Fsp3) is 0.692. The summed E-state index contributed by atoms with van der Waals surface area (Å²) in [4.78, 5) is 10.6. The Labute approximate surface area is 113 Å². The molecule has 2 unspecified atom stereocenters. The van der Waals surface area contributed by atoms with Crippen molar-refractivity contribution in [3.05, 3.63) is 17.5 Å². The van der Waals surface area contributed by atoms with Crippen LogP contribution in [-0.4, -0.2) is 40.5 Å². The minimum absolute atomic E-state index is 0.605. The number of hydrogen-bond acceptors (Lipinski definition) is 4. The fourth-order valence-corrected chi connectivity index (χ4v) is 3.55. The van der Waals surface area contributed by atoms with Crippen LogP contribution in [-0.2, 0) is 0 Å². The van der Waals surface area contributed by atoms with Crippen molar-refractivity contribution in [3.63, 3.8) is 0 Å². The van der Waals surface area contributed by atoms with Gasteiger partial charge in [-0.1, -0.05) is 11.6 Å². The molecule has 3 heterocycles. The summed E-state index contributed by atoms with van der Waals surface area (Å²) in [6.07, 6.45) is 8.49. The van der Waals surface area contributed by atoms with Crippen molar-refractivity contribution in [2.24, 2.45) is 5.92 Å². The molecule has 2 saturated heterocycles. The third-order valence-corrected chi connectivity index (χ3v) is 4.70. The molecular formula is C13H19ClN4. The van der Waals surface area contributed by atoms with Gasteiger partial charge in [-0.15, -0.1) is 0 Å². The summed E-state index contributed by atoms with van der Waals surface area (Å²) in [6.45, 7) is 0.970. The summed E-state index contributed by atoms with van der Waals surface area (Å²) in [5, 5.41) is 3.97. The molecular weight excluding hydrogens is 248 g/mol. The highest BCUT2D eigenvalue weighted by atomic mass is 35.5. The van der Waals surface area contributed by atoms with Gasteiger partial charge in [0, 0.05) is 18.6 Å². The smallest absolute Gasteiger partial charge is 0.148 e. The first kappa shape index (κ1) is 12.2. The first-order chi connectivity index (χ1) is 8.74. The fourth-order valence-electron chi connectivity index (χ4n) is 3.37. The lowest BCUT2D eigenvalue weighted by molar-refractivity contribution is 0.139. The predicted molar refractivity (Wildman–Crippen MR) is 72.8 cm³/mol. The third kappa shape index (κ3) is 2.31. The zero-order valence-corrected chi connectivity index (χ0v) is 11.4. The highest BCUT2D eigenvalue weighted by Crippen LogP contribution is 2.37. The van der Waals surface area contributed by atoms with E-state index in [9.17, 15) is 0 Å². The minimum Gasteiger partial charge on any atom is -0.368 e. The lowest BCUT2D eigenvalue weighted by Gasteiger charge is -2.36. The van der Waals surface area contributed by atoms with Gasteiger partial charge >= 0.3 is 0 Å². The molecule has 5 heteroatoms. The molecule has 4 nitrogen and oxygen atoms in total. The summed E-state index contributed by atoms with van der Waals surface area (Å²) < 4.78 is 0. The maximum absolute atomic E-state index is 6.04. The predicted octanol–water partition coefficient (Wildman–Crippen LogP) is 2.41. The van der Waals surface area contributed by atoms with Crippen LogP contribution in [0, 0.1) is 5.92 Å². The molecule has 3 rings (SSSR count). The van der Waals surface area contributed by atoms with E-state index in [1.54, 1.807) is 6.20 Å². The number of piperidine rings is 1. The highest BCUT2D eigenvalue weighted by Gasteiger charge is 2.38. The molecule has 2 bridgehead atoms. The van der Waals surface area contributed by atoms with Crippen LogP contribution < -0.4 is 5.32 Å². The minimum atomic E-state index is 0.605. The van der Waals surface area contributed by atoms with Gasteiger partial charge in [-0.05, 0) is 38.6 Å². The topological polar surface area (TPSA) is 41.0 Å². The Balaban J connectivity index is 1.57. The Morgan fingerprint density at radius 3 is 2.78 bits per heavy atom. The lowest BCUT2D eigenvalue weighted by Crippen LogP contribution is -2.41. The van der Waals surface area contributed by atoms with Crippen LogP contribution in [0.1, 0.15) is 25.7 Å². The molecule has 0 spiro atoms. The van der Waals surface area contributed by atoms with Gasteiger partial charge in [-0.25, -0.2) is 9.97 Å². The van der Waals surface area contributed by atoms with Crippen molar-refractivity contribution >= 4 is 17.4 Å². The molecule has 18 heavy (non-hydrogen) atoms. The maximum Gasteiger partial charge on any atom is 0.148 e. The number of hydrogen-bond donors (Lipinski definition) is 1. The molecule has 0 saturated carbocycles. The highest BCUT2D eigenvalue weighted by molar-refractivity contribution is 6.32. The largest absolute Gasteiger partial charge is 0.368 e. The normalized spacial score (nSPS) is 31.6. The SMILES string of the molecule is CN1C2CCC1CC(CNc1ncncc1Cl)C2. The number of halogens is 1. The van der Waals surface area contributed by atoms with E-state index in [0.717, 1.165) is 30.4 Å². The summed E-state index contributed by atoms with van der Waals surface area (Å²) in [5.41, 5.74) is 0. The zero-order valence-electron chi connectivity index (χ0n) is 10.6. The molecule has 1 N–H and O–H groups in total. The van der Waals surface area contributed by atoms with E-state index in [1.165, 1.54) is 32.0 Å². The van der Waals surface area contributed by atoms with Crippen LogP contribution in [0.5, 0.6) is 0 Å². The number of rotatable bonds is 3. The molecule has 0 aromatic carbocycles. The average Bonchev–Trinajstić information content (AvgIpc) is 2.62.